The minimum atomic E-state index is -2.93. The molecule has 18 heavy (non-hydrogen) atoms. The highest BCUT2D eigenvalue weighted by Gasteiger charge is 2.47. The molecule has 2 aliphatic rings. The largest absolute Gasteiger partial charge is 0.311 e. The van der Waals surface area contributed by atoms with Crippen molar-refractivity contribution in [3.8, 4) is 0 Å². The average molecular weight is 255 g/mol. The van der Waals surface area contributed by atoms with Gasteiger partial charge in [-0.3, -0.25) is 0 Å². The van der Waals surface area contributed by atoms with Crippen LogP contribution in [0.15, 0.2) is 24.3 Å². The average Bonchev–Trinajstić information content (AvgIpc) is 2.68. The highest BCUT2D eigenvalue weighted by molar-refractivity contribution is 5.22. The third kappa shape index (κ3) is 2.03. The van der Waals surface area contributed by atoms with Gasteiger partial charge in [0, 0.05) is 23.6 Å². The third-order valence-electron chi connectivity index (χ3n) is 4.20. The molecule has 1 nitrogen and oxygen atoms in total. The first-order valence-corrected chi connectivity index (χ1v) is 6.45. The quantitative estimate of drug-likeness (QED) is 0.853. The first kappa shape index (κ1) is 12.0. The Morgan fingerprint density at radius 1 is 1.11 bits per heavy atom. The summed E-state index contributed by atoms with van der Waals surface area (Å²) in [7, 11) is 0. The molecule has 0 saturated carbocycles. The minimum absolute atomic E-state index is 0.186. The van der Waals surface area contributed by atoms with Gasteiger partial charge in [0.05, 0.1) is 0 Å². The van der Waals surface area contributed by atoms with Crippen LogP contribution in [-0.4, -0.2) is 12.1 Å². The van der Waals surface area contributed by atoms with Crippen molar-refractivity contribution in [1.29, 1.82) is 0 Å². The van der Waals surface area contributed by atoms with E-state index in [1.54, 1.807) is 0 Å². The summed E-state index contributed by atoms with van der Waals surface area (Å²) in [6, 6.07) is 5.28. The Morgan fingerprint density at radius 3 is 2.39 bits per heavy atom. The molecule has 1 aromatic carbocycles. The number of hydrogen-bond acceptors (Lipinski definition) is 1. The maximum atomic E-state index is 14.4. The molecular weight excluding hydrogens is 239 g/mol. The lowest BCUT2D eigenvalue weighted by atomic mass is 9.84. The van der Waals surface area contributed by atoms with Crippen LogP contribution in [0.5, 0.6) is 0 Å². The number of hydrogen-bond donors (Lipinski definition) is 1. The molecule has 2 atom stereocenters. The molecule has 0 aromatic heterocycles. The molecule has 0 spiro atoms. The fourth-order valence-corrected chi connectivity index (χ4v) is 3.28. The first-order valence-electron chi connectivity index (χ1n) is 6.45. The predicted octanol–water partition coefficient (Wildman–Crippen LogP) is 3.45. The number of rotatable bonds is 2. The van der Waals surface area contributed by atoms with E-state index < -0.39 is 17.7 Å². The van der Waals surface area contributed by atoms with Crippen LogP contribution in [-0.2, 0) is 5.92 Å². The summed E-state index contributed by atoms with van der Waals surface area (Å²) in [6.45, 7) is 0. The maximum absolute atomic E-state index is 14.4. The van der Waals surface area contributed by atoms with Crippen LogP contribution in [0.2, 0.25) is 0 Å². The molecule has 2 fully saturated rings. The molecule has 2 saturated heterocycles. The van der Waals surface area contributed by atoms with Crippen molar-refractivity contribution in [2.24, 2.45) is 5.92 Å². The SMILES string of the molecule is Fc1cccc(C(F)(F)C2CC3CCC(C2)N3)c1. The van der Waals surface area contributed by atoms with Gasteiger partial charge >= 0.3 is 0 Å². The molecular formula is C14H16F3N. The Morgan fingerprint density at radius 2 is 1.78 bits per heavy atom. The minimum Gasteiger partial charge on any atom is -0.311 e. The number of benzene rings is 1. The van der Waals surface area contributed by atoms with Crippen LogP contribution >= 0.6 is 0 Å². The monoisotopic (exact) mass is 255 g/mol. The highest BCUT2D eigenvalue weighted by atomic mass is 19.3. The van der Waals surface area contributed by atoms with Gasteiger partial charge in [-0.25, -0.2) is 13.2 Å². The molecule has 98 valence electrons. The van der Waals surface area contributed by atoms with Gasteiger partial charge in [0.1, 0.15) is 5.82 Å². The second-order valence-corrected chi connectivity index (χ2v) is 5.44. The zero-order valence-electron chi connectivity index (χ0n) is 10.0. The lowest BCUT2D eigenvalue weighted by molar-refractivity contribution is -0.0816. The van der Waals surface area contributed by atoms with Gasteiger partial charge in [-0.05, 0) is 37.8 Å². The molecule has 0 aliphatic carbocycles. The Kier molecular flexibility index (Phi) is 2.85. The summed E-state index contributed by atoms with van der Waals surface area (Å²) >= 11 is 0. The standard InChI is InChI=1S/C14H16F3N/c15-11-3-1-2-9(6-11)14(16,17)10-7-12-4-5-13(8-10)18-12/h1-3,6,10,12-13,18H,4-5,7-8H2. The zero-order chi connectivity index (χ0) is 12.8. The van der Waals surface area contributed by atoms with E-state index in [9.17, 15) is 13.2 Å². The van der Waals surface area contributed by atoms with Crippen molar-refractivity contribution in [2.75, 3.05) is 0 Å². The second-order valence-electron chi connectivity index (χ2n) is 5.44. The van der Waals surface area contributed by atoms with Crippen LogP contribution in [0.1, 0.15) is 31.2 Å². The van der Waals surface area contributed by atoms with Gasteiger partial charge in [0.25, 0.3) is 5.92 Å². The summed E-state index contributed by atoms with van der Waals surface area (Å²) < 4.78 is 41.9. The van der Waals surface area contributed by atoms with Crippen LogP contribution in [0, 0.1) is 11.7 Å². The molecule has 0 amide bonds. The molecule has 2 bridgehead atoms. The van der Waals surface area contributed by atoms with E-state index in [0.29, 0.717) is 12.8 Å². The third-order valence-corrected chi connectivity index (χ3v) is 4.20. The lowest BCUT2D eigenvalue weighted by Crippen LogP contribution is -2.43. The Hall–Kier alpha value is -1.03. The predicted molar refractivity (Wildman–Crippen MR) is 63.0 cm³/mol. The molecule has 2 aliphatic heterocycles. The number of nitrogens with one attached hydrogen (secondary N) is 1. The topological polar surface area (TPSA) is 12.0 Å². The van der Waals surface area contributed by atoms with Crippen molar-refractivity contribution >= 4 is 0 Å². The normalized spacial score (nSPS) is 31.6. The van der Waals surface area contributed by atoms with Crippen molar-refractivity contribution in [3.05, 3.63) is 35.6 Å². The van der Waals surface area contributed by atoms with Crippen LogP contribution in [0.25, 0.3) is 0 Å². The van der Waals surface area contributed by atoms with E-state index in [1.165, 1.54) is 18.2 Å². The van der Waals surface area contributed by atoms with Crippen LogP contribution in [0.3, 0.4) is 0 Å². The van der Waals surface area contributed by atoms with Crippen LogP contribution in [0.4, 0.5) is 13.2 Å². The van der Waals surface area contributed by atoms with Gasteiger partial charge in [0.15, 0.2) is 0 Å². The molecule has 2 unspecified atom stereocenters. The summed E-state index contributed by atoms with van der Waals surface area (Å²) in [5, 5.41) is 3.35. The second kappa shape index (κ2) is 4.26. The maximum Gasteiger partial charge on any atom is 0.276 e. The fourth-order valence-electron chi connectivity index (χ4n) is 3.28. The first-order chi connectivity index (χ1) is 8.55. The zero-order valence-corrected chi connectivity index (χ0v) is 10.0. The van der Waals surface area contributed by atoms with E-state index in [2.05, 4.69) is 5.32 Å². The Labute approximate surface area is 104 Å². The highest BCUT2D eigenvalue weighted by Crippen LogP contribution is 2.45. The van der Waals surface area contributed by atoms with Gasteiger partial charge in [-0.1, -0.05) is 12.1 Å². The molecule has 0 radical (unpaired) electrons. The number of halogens is 3. The molecule has 1 N–H and O–H groups in total. The lowest BCUT2D eigenvalue weighted by Gasteiger charge is -2.34. The summed E-state index contributed by atoms with van der Waals surface area (Å²) in [4.78, 5) is 0. The van der Waals surface area contributed by atoms with E-state index in [-0.39, 0.29) is 17.6 Å². The molecule has 2 heterocycles. The van der Waals surface area contributed by atoms with Crippen molar-refractivity contribution in [3.63, 3.8) is 0 Å². The number of piperidine rings is 1. The van der Waals surface area contributed by atoms with E-state index in [0.717, 1.165) is 18.9 Å². The smallest absolute Gasteiger partial charge is 0.276 e. The van der Waals surface area contributed by atoms with Gasteiger partial charge < -0.3 is 5.32 Å². The van der Waals surface area contributed by atoms with Gasteiger partial charge in [0.2, 0.25) is 0 Å². The summed E-state index contributed by atoms with van der Waals surface area (Å²) in [5.41, 5.74) is -0.186. The molecule has 3 rings (SSSR count). The Bertz CT molecular complexity index is 434. The van der Waals surface area contributed by atoms with E-state index >= 15 is 0 Å². The fraction of sp³-hybridized carbons (Fsp3) is 0.571. The summed E-state index contributed by atoms with van der Waals surface area (Å²) in [5.74, 6) is -4.19. The van der Waals surface area contributed by atoms with Crippen molar-refractivity contribution in [2.45, 2.75) is 43.7 Å². The molecule has 4 heteroatoms. The van der Waals surface area contributed by atoms with E-state index in [4.69, 9.17) is 0 Å². The summed E-state index contributed by atoms with van der Waals surface area (Å²) in [6.07, 6.45) is 2.95. The van der Waals surface area contributed by atoms with Gasteiger partial charge in [-0.2, -0.15) is 0 Å². The van der Waals surface area contributed by atoms with E-state index in [1.807, 2.05) is 0 Å². The van der Waals surface area contributed by atoms with Crippen LogP contribution < -0.4 is 5.32 Å². The number of fused-ring (bicyclic) bond motifs is 2. The van der Waals surface area contributed by atoms with Crippen molar-refractivity contribution in [1.82, 2.24) is 5.32 Å². The van der Waals surface area contributed by atoms with Gasteiger partial charge in [-0.15, -0.1) is 0 Å². The molecule has 1 aromatic rings. The number of alkyl halides is 2. The van der Waals surface area contributed by atoms with Crippen molar-refractivity contribution < 1.29 is 13.2 Å². The Balaban J connectivity index is 1.85.